The number of thioether (sulfide) groups is 2. The lowest BCUT2D eigenvalue weighted by atomic mass is 10.1. The topological polar surface area (TPSA) is 72.2 Å². The highest BCUT2D eigenvalue weighted by molar-refractivity contribution is 8.16. The molecule has 0 spiro atoms. The largest absolute Gasteiger partial charge is 0.366 e. The SMILES string of the molecule is Cc1c(NC(=O)c2ccc(C3SCCCS3)cc2)cccc1C(N)=O. The predicted molar refractivity (Wildman–Crippen MR) is 106 cm³/mol. The van der Waals surface area contributed by atoms with E-state index in [1.54, 1.807) is 25.1 Å². The molecule has 6 heteroatoms. The minimum Gasteiger partial charge on any atom is -0.366 e. The second-order valence-corrected chi connectivity index (χ2v) is 8.57. The van der Waals surface area contributed by atoms with Crippen LogP contribution in [0.5, 0.6) is 0 Å². The molecule has 4 nitrogen and oxygen atoms in total. The molecule has 0 aliphatic carbocycles. The average molecular weight is 373 g/mol. The van der Waals surface area contributed by atoms with Crippen molar-refractivity contribution in [3.8, 4) is 0 Å². The summed E-state index contributed by atoms with van der Waals surface area (Å²) >= 11 is 3.92. The minimum atomic E-state index is -0.500. The van der Waals surface area contributed by atoms with Crippen LogP contribution in [0.25, 0.3) is 0 Å². The zero-order chi connectivity index (χ0) is 17.8. The molecule has 3 rings (SSSR count). The first-order valence-electron chi connectivity index (χ1n) is 8.10. The van der Waals surface area contributed by atoms with Gasteiger partial charge in [-0.15, -0.1) is 23.5 Å². The Hall–Kier alpha value is -1.92. The van der Waals surface area contributed by atoms with Gasteiger partial charge < -0.3 is 11.1 Å². The highest BCUT2D eigenvalue weighted by Gasteiger charge is 2.17. The Labute approximate surface area is 155 Å². The maximum Gasteiger partial charge on any atom is 0.255 e. The quantitative estimate of drug-likeness (QED) is 0.843. The lowest BCUT2D eigenvalue weighted by Gasteiger charge is -2.21. The van der Waals surface area contributed by atoms with Gasteiger partial charge in [-0.25, -0.2) is 0 Å². The van der Waals surface area contributed by atoms with Crippen LogP contribution in [0.4, 0.5) is 5.69 Å². The van der Waals surface area contributed by atoms with E-state index in [4.69, 9.17) is 5.73 Å². The van der Waals surface area contributed by atoms with E-state index in [-0.39, 0.29) is 5.91 Å². The van der Waals surface area contributed by atoms with Crippen LogP contribution in [0.15, 0.2) is 42.5 Å². The standard InChI is InChI=1S/C19H20N2O2S2/c1-12-15(17(20)22)4-2-5-16(12)21-18(23)13-6-8-14(9-7-13)19-24-10-3-11-25-19/h2,4-9,19H,3,10-11H2,1H3,(H2,20,22)(H,21,23). The molecule has 1 saturated heterocycles. The van der Waals surface area contributed by atoms with Gasteiger partial charge in [-0.3, -0.25) is 9.59 Å². The summed E-state index contributed by atoms with van der Waals surface area (Å²) in [4.78, 5) is 23.9. The molecule has 0 unspecified atom stereocenters. The van der Waals surface area contributed by atoms with Crippen LogP contribution in [0.1, 0.15) is 42.8 Å². The molecule has 3 N–H and O–H groups in total. The maximum atomic E-state index is 12.5. The zero-order valence-corrected chi connectivity index (χ0v) is 15.6. The van der Waals surface area contributed by atoms with Gasteiger partial charge in [0.05, 0.1) is 4.58 Å². The molecular weight excluding hydrogens is 352 g/mol. The Morgan fingerprint density at radius 2 is 1.76 bits per heavy atom. The van der Waals surface area contributed by atoms with Crippen LogP contribution in [0, 0.1) is 6.92 Å². The summed E-state index contributed by atoms with van der Waals surface area (Å²) in [5.74, 6) is 1.69. The fraction of sp³-hybridized carbons (Fsp3) is 0.263. The van der Waals surface area contributed by atoms with E-state index in [1.807, 2.05) is 47.8 Å². The van der Waals surface area contributed by atoms with Crippen LogP contribution >= 0.6 is 23.5 Å². The zero-order valence-electron chi connectivity index (χ0n) is 14.0. The number of hydrogen-bond donors (Lipinski definition) is 2. The Kier molecular flexibility index (Phi) is 5.71. The summed E-state index contributed by atoms with van der Waals surface area (Å²) in [5.41, 5.74) is 8.89. The van der Waals surface area contributed by atoms with E-state index in [0.29, 0.717) is 27.0 Å². The van der Waals surface area contributed by atoms with Crippen molar-refractivity contribution in [3.63, 3.8) is 0 Å². The van der Waals surface area contributed by atoms with Gasteiger partial charge in [0.15, 0.2) is 0 Å². The van der Waals surface area contributed by atoms with Crippen molar-refractivity contribution in [2.45, 2.75) is 17.9 Å². The molecular formula is C19H20N2O2S2. The van der Waals surface area contributed by atoms with Crippen molar-refractivity contribution >= 4 is 41.0 Å². The molecule has 2 aromatic rings. The molecule has 1 aliphatic rings. The molecule has 0 aromatic heterocycles. The molecule has 0 atom stereocenters. The number of rotatable bonds is 4. The van der Waals surface area contributed by atoms with Crippen molar-refractivity contribution in [2.75, 3.05) is 16.8 Å². The summed E-state index contributed by atoms with van der Waals surface area (Å²) < 4.78 is 0.459. The fourth-order valence-electron chi connectivity index (χ4n) is 2.70. The summed E-state index contributed by atoms with van der Waals surface area (Å²) in [5, 5.41) is 2.86. The first-order valence-corrected chi connectivity index (χ1v) is 10.2. The van der Waals surface area contributed by atoms with Gasteiger partial charge in [0.25, 0.3) is 5.91 Å². The molecule has 2 amide bonds. The van der Waals surface area contributed by atoms with Crippen molar-refractivity contribution < 1.29 is 9.59 Å². The fourth-order valence-corrected chi connectivity index (χ4v) is 5.60. The number of anilines is 1. The average Bonchev–Trinajstić information content (AvgIpc) is 2.64. The second kappa shape index (κ2) is 7.97. The van der Waals surface area contributed by atoms with Crippen LogP contribution in [0.2, 0.25) is 0 Å². The number of amides is 2. The third-order valence-electron chi connectivity index (χ3n) is 4.12. The van der Waals surface area contributed by atoms with E-state index >= 15 is 0 Å². The molecule has 25 heavy (non-hydrogen) atoms. The molecule has 0 saturated carbocycles. The first kappa shape index (κ1) is 17.9. The maximum absolute atomic E-state index is 12.5. The normalized spacial score (nSPS) is 14.9. The highest BCUT2D eigenvalue weighted by atomic mass is 32.2. The van der Waals surface area contributed by atoms with Gasteiger partial charge in [0, 0.05) is 16.8 Å². The smallest absolute Gasteiger partial charge is 0.255 e. The number of primary amides is 1. The molecule has 1 fully saturated rings. The van der Waals surface area contributed by atoms with E-state index in [1.165, 1.54) is 23.5 Å². The molecule has 0 bridgehead atoms. The van der Waals surface area contributed by atoms with Gasteiger partial charge in [0.2, 0.25) is 5.91 Å². The molecule has 0 radical (unpaired) electrons. The third kappa shape index (κ3) is 4.19. The van der Waals surface area contributed by atoms with Crippen molar-refractivity contribution in [2.24, 2.45) is 5.73 Å². The Bertz CT molecular complexity index is 785. The van der Waals surface area contributed by atoms with Gasteiger partial charge in [-0.1, -0.05) is 18.2 Å². The number of nitrogens with one attached hydrogen (secondary N) is 1. The van der Waals surface area contributed by atoms with E-state index in [0.717, 1.165) is 0 Å². The number of benzene rings is 2. The van der Waals surface area contributed by atoms with E-state index < -0.39 is 5.91 Å². The molecule has 2 aromatic carbocycles. The number of carbonyl (C=O) groups excluding carboxylic acids is 2. The van der Waals surface area contributed by atoms with Crippen LogP contribution in [0.3, 0.4) is 0 Å². The van der Waals surface area contributed by atoms with E-state index in [2.05, 4.69) is 5.32 Å². The monoisotopic (exact) mass is 372 g/mol. The van der Waals surface area contributed by atoms with Crippen molar-refractivity contribution in [3.05, 3.63) is 64.7 Å². The Morgan fingerprint density at radius 1 is 1.08 bits per heavy atom. The predicted octanol–water partition coefficient (Wildman–Crippen LogP) is 4.21. The Balaban J connectivity index is 1.73. The van der Waals surface area contributed by atoms with E-state index in [9.17, 15) is 9.59 Å². The number of hydrogen-bond acceptors (Lipinski definition) is 4. The highest BCUT2D eigenvalue weighted by Crippen LogP contribution is 2.43. The number of carbonyl (C=O) groups is 2. The molecule has 1 aliphatic heterocycles. The number of nitrogens with two attached hydrogens (primary N) is 1. The summed E-state index contributed by atoms with van der Waals surface area (Å²) in [6, 6.07) is 12.9. The minimum absolute atomic E-state index is 0.194. The molecule has 1 heterocycles. The summed E-state index contributed by atoms with van der Waals surface area (Å²) in [7, 11) is 0. The Morgan fingerprint density at radius 3 is 2.40 bits per heavy atom. The van der Waals surface area contributed by atoms with Crippen LogP contribution in [-0.2, 0) is 0 Å². The van der Waals surface area contributed by atoms with Gasteiger partial charge in [0.1, 0.15) is 0 Å². The first-order chi connectivity index (χ1) is 12.1. The van der Waals surface area contributed by atoms with Crippen molar-refractivity contribution in [1.82, 2.24) is 0 Å². The third-order valence-corrected chi connectivity index (χ3v) is 7.13. The second-order valence-electron chi connectivity index (χ2n) is 5.85. The molecule has 130 valence electrons. The van der Waals surface area contributed by atoms with Crippen LogP contribution < -0.4 is 11.1 Å². The van der Waals surface area contributed by atoms with Crippen molar-refractivity contribution in [1.29, 1.82) is 0 Å². The summed E-state index contributed by atoms with van der Waals surface area (Å²) in [6.45, 7) is 1.77. The van der Waals surface area contributed by atoms with Crippen LogP contribution in [-0.4, -0.2) is 23.3 Å². The summed E-state index contributed by atoms with van der Waals surface area (Å²) in [6.07, 6.45) is 1.26. The lowest BCUT2D eigenvalue weighted by molar-refractivity contribution is 0.0995. The lowest BCUT2D eigenvalue weighted by Crippen LogP contribution is -2.16. The van der Waals surface area contributed by atoms with Gasteiger partial charge in [-0.05, 0) is 60.2 Å². The van der Waals surface area contributed by atoms with Gasteiger partial charge >= 0.3 is 0 Å². The van der Waals surface area contributed by atoms with Gasteiger partial charge in [-0.2, -0.15) is 0 Å².